The molecule has 0 bridgehead atoms. The van der Waals surface area contributed by atoms with Crippen LogP contribution in [0.4, 0.5) is 13.2 Å². The summed E-state index contributed by atoms with van der Waals surface area (Å²) in [6.07, 6.45) is -4.43. The molecule has 0 saturated heterocycles. The van der Waals surface area contributed by atoms with E-state index < -0.39 is 27.4 Å². The van der Waals surface area contributed by atoms with Gasteiger partial charge in [-0.05, 0) is 34.0 Å². The second-order valence-corrected chi connectivity index (χ2v) is 19.4. The van der Waals surface area contributed by atoms with Crippen molar-refractivity contribution in [2.24, 2.45) is 0 Å². The molecule has 0 aliphatic heterocycles. The number of halogens is 4. The monoisotopic (exact) mass is 640 g/mol. The third-order valence-electron chi connectivity index (χ3n) is 5.12. The fourth-order valence-electron chi connectivity index (χ4n) is 4.55. The standard InChI is InChI=1S/C10H5F3.2C9H21P.ClH.Rh/c1-2-9(10(11,12)13)8-6-4-3-5-7-8;2*1-7(2)10(8(3)4)9(5)6;;/h3-7H;2*7-9H,1-6H3;1H;/q;;;;+1/p-1. The van der Waals surface area contributed by atoms with Crippen LogP contribution in [0.2, 0.25) is 0 Å². The minimum absolute atomic E-state index is 0.0692. The third-order valence-corrected chi connectivity index (χ3v) is 13.0. The molecule has 0 saturated carbocycles. The maximum atomic E-state index is 12.6. The van der Waals surface area contributed by atoms with E-state index >= 15 is 0 Å². The third kappa shape index (κ3) is 16.6. The fraction of sp³-hybridized carbons (Fsp3) is 0.679. The van der Waals surface area contributed by atoms with Crippen molar-refractivity contribution in [3.05, 3.63) is 41.6 Å². The Morgan fingerprint density at radius 3 is 1.20 bits per heavy atom. The van der Waals surface area contributed by atoms with Gasteiger partial charge in [0.2, 0.25) is 0 Å². The van der Waals surface area contributed by atoms with Crippen LogP contribution in [0.15, 0.2) is 36.1 Å². The molecule has 0 aliphatic carbocycles. The Labute approximate surface area is 228 Å². The average Bonchev–Trinajstić information content (AvgIpc) is 2.67. The van der Waals surface area contributed by atoms with Gasteiger partial charge >= 0.3 is 96.2 Å². The molecule has 1 rings (SSSR count). The number of allylic oxidation sites excluding steroid dienone is 1. The molecule has 7 heteroatoms. The number of hydrogen-bond donors (Lipinski definition) is 0. The molecule has 0 fully saturated rings. The van der Waals surface area contributed by atoms with Crippen LogP contribution in [0.25, 0.3) is 5.57 Å². The molecular weight excluding hydrogens is 594 g/mol. The molecule has 0 nitrogen and oxygen atoms in total. The molecular formula is C28H47ClF3P2Rh. The van der Waals surface area contributed by atoms with Crippen LogP contribution in [-0.4, -0.2) is 44.4 Å². The van der Waals surface area contributed by atoms with Gasteiger partial charge in [0.1, 0.15) is 0 Å². The van der Waals surface area contributed by atoms with Gasteiger partial charge in [0.25, 0.3) is 0 Å². The van der Waals surface area contributed by atoms with Crippen LogP contribution in [0, 0.1) is 0 Å². The summed E-state index contributed by atoms with van der Waals surface area (Å²) in [6, 6.07) is 7.47. The van der Waals surface area contributed by atoms with E-state index in [1.165, 1.54) is 24.3 Å². The summed E-state index contributed by atoms with van der Waals surface area (Å²) >= 11 is -0.664. The first-order valence-electron chi connectivity index (χ1n) is 12.2. The number of rotatable bonds is 7. The summed E-state index contributed by atoms with van der Waals surface area (Å²) in [5.41, 5.74) is 6.68. The van der Waals surface area contributed by atoms with Crippen molar-refractivity contribution >= 4 is 35.4 Å². The molecule has 0 atom stereocenters. The predicted molar refractivity (Wildman–Crippen MR) is 155 cm³/mol. The van der Waals surface area contributed by atoms with E-state index in [-0.39, 0.29) is 21.4 Å². The summed E-state index contributed by atoms with van der Waals surface area (Å²) in [5, 5.41) is 0. The van der Waals surface area contributed by atoms with Gasteiger partial charge in [0, 0.05) is 0 Å². The molecule has 1 aromatic carbocycles. The zero-order chi connectivity index (χ0) is 27.9. The van der Waals surface area contributed by atoms with E-state index in [9.17, 15) is 13.2 Å². The van der Waals surface area contributed by atoms with Crippen LogP contribution < -0.4 is 0 Å². The predicted octanol–water partition coefficient (Wildman–Crippen LogP) is 10.8. The molecule has 35 heavy (non-hydrogen) atoms. The summed E-state index contributed by atoms with van der Waals surface area (Å²) in [7, 11) is 5.82. The van der Waals surface area contributed by atoms with Crippen LogP contribution >= 0.6 is 25.5 Å². The Bertz CT molecular complexity index is 713. The number of benzene rings is 1. The Balaban J connectivity index is 0. The Morgan fingerprint density at radius 2 is 1.00 bits per heavy atom. The first-order valence-corrected chi connectivity index (χ1v) is 18.3. The summed E-state index contributed by atoms with van der Waals surface area (Å²) < 4.78 is 39.9. The van der Waals surface area contributed by atoms with E-state index in [0.29, 0.717) is 0 Å². The summed E-state index contributed by atoms with van der Waals surface area (Å²) in [4.78, 5) is 0. The van der Waals surface area contributed by atoms with E-state index in [1.54, 1.807) is 6.07 Å². The van der Waals surface area contributed by atoms with Crippen molar-refractivity contribution in [3.63, 3.8) is 0 Å². The van der Waals surface area contributed by atoms with Gasteiger partial charge in [-0.1, -0.05) is 98.9 Å². The molecule has 1 aromatic rings. The van der Waals surface area contributed by atoms with Crippen molar-refractivity contribution < 1.29 is 28.9 Å². The Kier molecular flexibility index (Phi) is 20.6. The van der Waals surface area contributed by atoms with Gasteiger partial charge in [-0.3, -0.25) is 0 Å². The molecule has 0 aromatic heterocycles. The Morgan fingerprint density at radius 1 is 0.686 bits per heavy atom. The second kappa shape index (κ2) is 19.3. The van der Waals surface area contributed by atoms with E-state index in [4.69, 9.17) is 9.69 Å². The van der Waals surface area contributed by atoms with Crippen molar-refractivity contribution in [1.29, 1.82) is 0 Å². The molecule has 0 aliphatic rings. The second-order valence-electron chi connectivity index (χ2n) is 9.97. The Hall–Kier alpha value is 0.213. The zero-order valence-electron chi connectivity index (χ0n) is 23.6. The van der Waals surface area contributed by atoms with Crippen LogP contribution in [-0.2, 0) is 15.7 Å². The first kappa shape index (κ1) is 37.4. The van der Waals surface area contributed by atoms with Crippen molar-refractivity contribution in [1.82, 2.24) is 0 Å². The van der Waals surface area contributed by atoms with Gasteiger partial charge in [0.15, 0.2) is 0 Å². The van der Waals surface area contributed by atoms with Gasteiger partial charge in [-0.2, -0.15) is 0 Å². The van der Waals surface area contributed by atoms with E-state index in [1.807, 2.05) is 0 Å². The summed E-state index contributed by atoms with van der Waals surface area (Å²) in [5.74, 6) is 0. The van der Waals surface area contributed by atoms with E-state index in [2.05, 4.69) is 93.1 Å². The van der Waals surface area contributed by atoms with E-state index in [0.717, 1.165) is 34.0 Å². The van der Waals surface area contributed by atoms with Crippen molar-refractivity contribution in [2.45, 2.75) is 123 Å². The molecule has 0 unspecified atom stereocenters. The molecule has 0 spiro atoms. The van der Waals surface area contributed by atoms with Gasteiger partial charge in [0.05, 0.1) is 0 Å². The van der Waals surface area contributed by atoms with Crippen molar-refractivity contribution in [3.8, 4) is 0 Å². The minimum atomic E-state index is -4.43. The van der Waals surface area contributed by atoms with Crippen LogP contribution in [0.5, 0.6) is 0 Å². The molecule has 0 radical (unpaired) electrons. The summed E-state index contributed by atoms with van der Waals surface area (Å²) in [6.45, 7) is 28.2. The molecule has 0 amide bonds. The maximum absolute atomic E-state index is 12.6. The van der Waals surface area contributed by atoms with Gasteiger partial charge < -0.3 is 0 Å². The average molecular weight is 641 g/mol. The number of alkyl halides is 3. The molecule has 206 valence electrons. The zero-order valence-corrected chi connectivity index (χ0v) is 27.8. The molecule has 0 heterocycles. The topological polar surface area (TPSA) is 0 Å². The molecule has 0 N–H and O–H groups in total. The van der Waals surface area contributed by atoms with Gasteiger partial charge in [-0.25, -0.2) is 0 Å². The van der Waals surface area contributed by atoms with Gasteiger partial charge in [-0.15, -0.1) is 0 Å². The van der Waals surface area contributed by atoms with Crippen LogP contribution in [0.3, 0.4) is 0 Å². The first-order chi connectivity index (χ1) is 16.0. The quantitative estimate of drug-likeness (QED) is 0.158. The number of hydrogen-bond acceptors (Lipinski definition) is 0. The SMILES string of the molecule is CC(C)P(C(C)C)C(C)C.CC(C)P(C(C)C)C(C)C.FC(F)(F)C(=C=[C]=[Rh][Cl])c1ccccc1. The van der Waals surface area contributed by atoms with Crippen molar-refractivity contribution in [2.75, 3.05) is 0 Å². The normalized spacial score (nSPS) is 11.8. The fourth-order valence-corrected chi connectivity index (χ4v) is 12.2. The van der Waals surface area contributed by atoms with Crippen LogP contribution in [0.1, 0.15) is 88.6 Å².